The molecule has 1 N–H and O–H groups in total. The molecule has 1 saturated heterocycles. The second kappa shape index (κ2) is 7.64. The number of carbonyl (C=O) groups is 1. The molecule has 0 bridgehead atoms. The zero-order chi connectivity index (χ0) is 19.4. The molecular formula is C17H16FN3O6. The van der Waals surface area contributed by atoms with Gasteiger partial charge in [0.15, 0.2) is 5.79 Å². The third-order valence-corrected chi connectivity index (χ3v) is 3.81. The van der Waals surface area contributed by atoms with Gasteiger partial charge >= 0.3 is 0 Å². The van der Waals surface area contributed by atoms with Crippen LogP contribution in [0.2, 0.25) is 0 Å². The van der Waals surface area contributed by atoms with Crippen LogP contribution in [0.25, 0.3) is 11.3 Å². The van der Waals surface area contributed by atoms with Gasteiger partial charge in [0.2, 0.25) is 5.91 Å². The first-order chi connectivity index (χ1) is 12.9. The Labute approximate surface area is 152 Å². The Kier molecular flexibility index (Phi) is 5.28. The van der Waals surface area contributed by atoms with E-state index in [1.165, 1.54) is 24.4 Å². The van der Waals surface area contributed by atoms with Gasteiger partial charge in [-0.05, 0) is 31.2 Å². The fraction of sp³-hybridized carbons (Fsp3) is 0.294. The van der Waals surface area contributed by atoms with Crippen LogP contribution in [0, 0.1) is 15.9 Å². The van der Waals surface area contributed by atoms with E-state index in [4.69, 9.17) is 13.9 Å². The Morgan fingerprint density at radius 2 is 2.11 bits per heavy atom. The van der Waals surface area contributed by atoms with E-state index in [1.54, 1.807) is 6.92 Å². The van der Waals surface area contributed by atoms with Gasteiger partial charge in [0.05, 0.1) is 42.4 Å². The van der Waals surface area contributed by atoms with E-state index in [0.29, 0.717) is 13.2 Å². The first kappa shape index (κ1) is 18.7. The number of benzene rings is 1. The van der Waals surface area contributed by atoms with Crippen LogP contribution in [0.15, 0.2) is 39.9 Å². The first-order valence-electron chi connectivity index (χ1n) is 8.00. The molecule has 10 heteroatoms. The van der Waals surface area contributed by atoms with Crippen molar-refractivity contribution in [1.29, 1.82) is 0 Å². The van der Waals surface area contributed by atoms with Gasteiger partial charge in [0, 0.05) is 0 Å². The van der Waals surface area contributed by atoms with Gasteiger partial charge in [-0.2, -0.15) is 5.10 Å². The summed E-state index contributed by atoms with van der Waals surface area (Å²) in [6.07, 6.45) is 1.23. The number of rotatable bonds is 6. The molecule has 9 nitrogen and oxygen atoms in total. The summed E-state index contributed by atoms with van der Waals surface area (Å²) in [7, 11) is 0. The molecule has 2 heterocycles. The van der Waals surface area contributed by atoms with Crippen LogP contribution >= 0.6 is 0 Å². The van der Waals surface area contributed by atoms with Gasteiger partial charge in [0.25, 0.3) is 5.69 Å². The molecule has 0 spiro atoms. The number of halogens is 1. The molecule has 1 aromatic heterocycles. The summed E-state index contributed by atoms with van der Waals surface area (Å²) in [4.78, 5) is 22.2. The highest BCUT2D eigenvalue weighted by molar-refractivity contribution is 5.82. The quantitative estimate of drug-likeness (QED) is 0.470. The van der Waals surface area contributed by atoms with E-state index in [-0.39, 0.29) is 23.5 Å². The highest BCUT2D eigenvalue weighted by atomic mass is 19.1. The lowest BCUT2D eigenvalue weighted by Crippen LogP contribution is -2.33. The molecule has 0 unspecified atom stereocenters. The second-order valence-electron chi connectivity index (χ2n) is 5.92. The third kappa shape index (κ3) is 4.54. The minimum Gasteiger partial charge on any atom is -0.455 e. The predicted octanol–water partition coefficient (Wildman–Crippen LogP) is 2.60. The summed E-state index contributed by atoms with van der Waals surface area (Å²) < 4.78 is 29.4. The topological polar surface area (TPSA) is 116 Å². The average Bonchev–Trinajstić information content (AvgIpc) is 3.24. The van der Waals surface area contributed by atoms with Crippen molar-refractivity contribution in [2.75, 3.05) is 13.2 Å². The molecule has 0 saturated carbocycles. The minimum atomic E-state index is -0.959. The van der Waals surface area contributed by atoms with Crippen LogP contribution < -0.4 is 5.43 Å². The standard InChI is InChI=1S/C17H16FN3O6/c1-17(25-6-7-26-17)9-16(22)20-19-10-12-3-5-15(27-12)13-4-2-11(18)8-14(13)21(23)24/h2-5,8,10H,6-7,9H2,1H3,(H,20,22)/b19-10-. The first-order valence-corrected chi connectivity index (χ1v) is 8.00. The van der Waals surface area contributed by atoms with Crippen molar-refractivity contribution >= 4 is 17.8 Å². The number of nitrogens with one attached hydrogen (secondary N) is 1. The molecule has 142 valence electrons. The fourth-order valence-corrected chi connectivity index (χ4v) is 2.59. The number of ether oxygens (including phenoxy) is 2. The van der Waals surface area contributed by atoms with Crippen molar-refractivity contribution in [2.24, 2.45) is 5.10 Å². The van der Waals surface area contributed by atoms with Gasteiger partial charge in [-0.15, -0.1) is 0 Å². The van der Waals surface area contributed by atoms with Crippen LogP contribution in [0.5, 0.6) is 0 Å². The van der Waals surface area contributed by atoms with E-state index in [9.17, 15) is 19.3 Å². The van der Waals surface area contributed by atoms with Crippen molar-refractivity contribution in [2.45, 2.75) is 19.1 Å². The van der Waals surface area contributed by atoms with Crippen molar-refractivity contribution in [3.05, 3.63) is 52.0 Å². The van der Waals surface area contributed by atoms with E-state index in [1.807, 2.05) is 0 Å². The molecule has 0 atom stereocenters. The van der Waals surface area contributed by atoms with E-state index in [2.05, 4.69) is 10.5 Å². The van der Waals surface area contributed by atoms with Crippen molar-refractivity contribution < 1.29 is 28.0 Å². The van der Waals surface area contributed by atoms with Gasteiger partial charge in [-0.1, -0.05) is 0 Å². The van der Waals surface area contributed by atoms with E-state index < -0.39 is 28.1 Å². The van der Waals surface area contributed by atoms with Crippen molar-refractivity contribution in [1.82, 2.24) is 5.43 Å². The number of nitrogens with zero attached hydrogens (tertiary/aromatic N) is 2. The molecule has 3 rings (SSSR count). The highest BCUT2D eigenvalue weighted by Gasteiger charge is 2.33. The number of hydrogen-bond acceptors (Lipinski definition) is 7. The molecule has 1 aliphatic rings. The van der Waals surface area contributed by atoms with Crippen LogP contribution in [0.4, 0.5) is 10.1 Å². The molecule has 1 fully saturated rings. The summed E-state index contributed by atoms with van der Waals surface area (Å²) >= 11 is 0. The van der Waals surface area contributed by atoms with Gasteiger partial charge in [-0.25, -0.2) is 9.82 Å². The fourth-order valence-electron chi connectivity index (χ4n) is 2.59. The summed E-state index contributed by atoms with van der Waals surface area (Å²) in [6, 6.07) is 6.19. The Bertz CT molecular complexity index is 889. The Morgan fingerprint density at radius 3 is 2.81 bits per heavy atom. The lowest BCUT2D eigenvalue weighted by Gasteiger charge is -2.20. The maximum Gasteiger partial charge on any atom is 0.283 e. The number of hydrogen-bond donors (Lipinski definition) is 1. The molecule has 0 radical (unpaired) electrons. The largest absolute Gasteiger partial charge is 0.455 e. The Balaban J connectivity index is 1.65. The number of carbonyl (C=O) groups excluding carboxylic acids is 1. The predicted molar refractivity (Wildman–Crippen MR) is 91.4 cm³/mol. The molecule has 0 aliphatic carbocycles. The summed E-state index contributed by atoms with van der Waals surface area (Å²) in [5.74, 6) is -1.65. The zero-order valence-corrected chi connectivity index (χ0v) is 14.3. The summed E-state index contributed by atoms with van der Waals surface area (Å²) in [6.45, 7) is 2.52. The monoisotopic (exact) mass is 377 g/mol. The van der Waals surface area contributed by atoms with E-state index >= 15 is 0 Å². The van der Waals surface area contributed by atoms with Gasteiger partial charge in [-0.3, -0.25) is 14.9 Å². The third-order valence-electron chi connectivity index (χ3n) is 3.81. The number of furan rings is 1. The van der Waals surface area contributed by atoms with Crippen LogP contribution in [0.1, 0.15) is 19.1 Å². The number of amides is 1. The number of hydrazone groups is 1. The number of nitro groups is 1. The normalized spacial score (nSPS) is 15.9. The Morgan fingerprint density at radius 1 is 1.37 bits per heavy atom. The lowest BCUT2D eigenvalue weighted by atomic mass is 10.1. The van der Waals surface area contributed by atoms with E-state index in [0.717, 1.165) is 12.1 Å². The van der Waals surface area contributed by atoms with Crippen LogP contribution in [-0.2, 0) is 14.3 Å². The molecule has 1 aromatic carbocycles. The van der Waals surface area contributed by atoms with Crippen molar-refractivity contribution in [3.8, 4) is 11.3 Å². The van der Waals surface area contributed by atoms with Gasteiger partial charge < -0.3 is 13.9 Å². The average molecular weight is 377 g/mol. The molecular weight excluding hydrogens is 361 g/mol. The molecule has 27 heavy (non-hydrogen) atoms. The smallest absolute Gasteiger partial charge is 0.283 e. The van der Waals surface area contributed by atoms with Gasteiger partial charge in [0.1, 0.15) is 17.3 Å². The zero-order valence-electron chi connectivity index (χ0n) is 14.3. The van der Waals surface area contributed by atoms with Crippen LogP contribution in [-0.4, -0.2) is 36.0 Å². The Hall–Kier alpha value is -3.11. The van der Waals surface area contributed by atoms with Crippen molar-refractivity contribution in [3.63, 3.8) is 0 Å². The maximum atomic E-state index is 13.2. The molecule has 1 amide bonds. The highest BCUT2D eigenvalue weighted by Crippen LogP contribution is 2.31. The molecule has 1 aliphatic heterocycles. The summed E-state index contributed by atoms with van der Waals surface area (Å²) in [5.41, 5.74) is 2.04. The summed E-state index contributed by atoms with van der Waals surface area (Å²) in [5, 5.41) is 14.8. The molecule has 2 aromatic rings. The van der Waals surface area contributed by atoms with Crippen LogP contribution in [0.3, 0.4) is 0 Å². The SMILES string of the molecule is CC1(CC(=O)N/N=C\c2ccc(-c3ccc(F)cc3[N+](=O)[O-])o2)OCCO1. The second-order valence-corrected chi connectivity index (χ2v) is 5.92. The minimum absolute atomic E-state index is 0.0183. The lowest BCUT2D eigenvalue weighted by molar-refractivity contribution is -0.384. The maximum absolute atomic E-state index is 13.2. The number of nitro benzene ring substituents is 1.